The molecule has 1 N–H and O–H groups in total. The van der Waals surface area contributed by atoms with Crippen molar-refractivity contribution < 1.29 is 4.74 Å². The van der Waals surface area contributed by atoms with Gasteiger partial charge in [-0.2, -0.15) is 0 Å². The predicted octanol–water partition coefficient (Wildman–Crippen LogP) is 1.93. The van der Waals surface area contributed by atoms with E-state index in [4.69, 9.17) is 4.74 Å². The molecule has 0 aromatic carbocycles. The Morgan fingerprint density at radius 3 is 3.11 bits per heavy atom. The molecule has 1 saturated carbocycles. The molecular formula is C15H24N2O. The summed E-state index contributed by atoms with van der Waals surface area (Å²) in [7, 11) is 0. The van der Waals surface area contributed by atoms with E-state index in [9.17, 15) is 0 Å². The molecule has 7 atom stereocenters. The standard InChI is InChI=1S/C15H24N2O/c1-5-11-10-4-2-9-17-13(10)18-12(6-1)15(11)7-3-8-16-14(15)17/h10-14,16H,1-9H2/t10-,11-,12-,13+,14-,15+/m1/s1. The van der Waals surface area contributed by atoms with Crippen LogP contribution in [-0.2, 0) is 4.74 Å². The van der Waals surface area contributed by atoms with Crippen LogP contribution in [0.1, 0.15) is 44.9 Å². The zero-order chi connectivity index (χ0) is 11.7. The number of hydrogen-bond acceptors (Lipinski definition) is 3. The van der Waals surface area contributed by atoms with Gasteiger partial charge in [0.25, 0.3) is 0 Å². The largest absolute Gasteiger partial charge is 0.359 e. The second kappa shape index (κ2) is 3.50. The van der Waals surface area contributed by atoms with Gasteiger partial charge in [-0.05, 0) is 51.0 Å². The summed E-state index contributed by atoms with van der Waals surface area (Å²) in [4.78, 5) is 2.70. The van der Waals surface area contributed by atoms with Crippen molar-refractivity contribution in [1.29, 1.82) is 0 Å². The van der Waals surface area contributed by atoms with E-state index < -0.39 is 0 Å². The van der Waals surface area contributed by atoms with E-state index in [1.165, 1.54) is 58.0 Å². The van der Waals surface area contributed by atoms with Crippen molar-refractivity contribution in [1.82, 2.24) is 10.2 Å². The van der Waals surface area contributed by atoms with Crippen LogP contribution in [0.15, 0.2) is 0 Å². The van der Waals surface area contributed by atoms with Gasteiger partial charge in [-0.3, -0.25) is 4.90 Å². The molecule has 18 heavy (non-hydrogen) atoms. The number of nitrogens with zero attached hydrogens (tertiary/aromatic N) is 1. The molecule has 5 aliphatic heterocycles. The summed E-state index contributed by atoms with van der Waals surface area (Å²) in [5.74, 6) is 1.82. The third-order valence-corrected chi connectivity index (χ3v) is 6.70. The highest BCUT2D eigenvalue weighted by Crippen LogP contribution is 2.63. The van der Waals surface area contributed by atoms with Crippen LogP contribution in [-0.4, -0.2) is 36.5 Å². The van der Waals surface area contributed by atoms with Crippen LogP contribution in [0.4, 0.5) is 0 Å². The Morgan fingerprint density at radius 2 is 2.11 bits per heavy atom. The maximum Gasteiger partial charge on any atom is 0.115 e. The van der Waals surface area contributed by atoms with Gasteiger partial charge in [-0.1, -0.05) is 6.42 Å². The summed E-state index contributed by atoms with van der Waals surface area (Å²) in [6, 6.07) is 0. The van der Waals surface area contributed by atoms with E-state index in [0.717, 1.165) is 11.8 Å². The number of rotatable bonds is 0. The number of piperidine rings is 3. The number of nitrogens with one attached hydrogen (secondary N) is 1. The Balaban J connectivity index is 1.66. The minimum absolute atomic E-state index is 0.464. The molecule has 0 amide bonds. The van der Waals surface area contributed by atoms with E-state index in [-0.39, 0.29) is 0 Å². The maximum absolute atomic E-state index is 6.57. The maximum atomic E-state index is 6.57. The van der Waals surface area contributed by atoms with Crippen molar-refractivity contribution in [3.63, 3.8) is 0 Å². The van der Waals surface area contributed by atoms with Crippen molar-refractivity contribution >= 4 is 0 Å². The summed E-state index contributed by atoms with van der Waals surface area (Å²) < 4.78 is 6.57. The first kappa shape index (κ1) is 10.6. The fourth-order valence-corrected chi connectivity index (χ4v) is 6.27. The van der Waals surface area contributed by atoms with Gasteiger partial charge in [0.05, 0.1) is 12.3 Å². The molecule has 3 heteroatoms. The van der Waals surface area contributed by atoms with Gasteiger partial charge in [-0.25, -0.2) is 0 Å². The smallest absolute Gasteiger partial charge is 0.115 e. The van der Waals surface area contributed by atoms with Gasteiger partial charge in [0, 0.05) is 17.9 Å². The fourth-order valence-electron chi connectivity index (χ4n) is 6.27. The average molecular weight is 248 g/mol. The molecule has 0 aromatic rings. The molecule has 5 saturated heterocycles. The topological polar surface area (TPSA) is 24.5 Å². The number of ether oxygens (including phenoxy) is 1. The van der Waals surface area contributed by atoms with Crippen molar-refractivity contribution in [2.24, 2.45) is 17.3 Å². The van der Waals surface area contributed by atoms with Crippen LogP contribution < -0.4 is 5.32 Å². The van der Waals surface area contributed by atoms with Crippen molar-refractivity contribution in [3.8, 4) is 0 Å². The Kier molecular flexibility index (Phi) is 2.07. The van der Waals surface area contributed by atoms with Crippen LogP contribution in [0, 0.1) is 17.3 Å². The highest BCUT2D eigenvalue weighted by Gasteiger charge is 2.68. The third kappa shape index (κ3) is 1.05. The van der Waals surface area contributed by atoms with Crippen LogP contribution >= 0.6 is 0 Å². The molecule has 100 valence electrons. The lowest BCUT2D eigenvalue weighted by atomic mass is 9.50. The van der Waals surface area contributed by atoms with Gasteiger partial charge < -0.3 is 10.1 Å². The first-order valence-corrected chi connectivity index (χ1v) is 8.06. The zero-order valence-corrected chi connectivity index (χ0v) is 11.1. The van der Waals surface area contributed by atoms with Gasteiger partial charge in [-0.15, -0.1) is 0 Å². The fraction of sp³-hybridized carbons (Fsp3) is 1.00. The molecular weight excluding hydrogens is 224 g/mol. The molecule has 6 bridgehead atoms. The normalized spacial score (nSPS) is 61.3. The Labute approximate surface area is 109 Å². The lowest BCUT2D eigenvalue weighted by Gasteiger charge is -2.72. The molecule has 0 aromatic heterocycles. The average Bonchev–Trinajstić information content (AvgIpc) is 2.40. The minimum atomic E-state index is 0.464. The van der Waals surface area contributed by atoms with E-state index in [1.54, 1.807) is 0 Å². The van der Waals surface area contributed by atoms with Crippen LogP contribution in [0.3, 0.4) is 0 Å². The van der Waals surface area contributed by atoms with Gasteiger partial charge in [0.2, 0.25) is 0 Å². The van der Waals surface area contributed by atoms with Crippen LogP contribution in [0.25, 0.3) is 0 Å². The van der Waals surface area contributed by atoms with Gasteiger partial charge in [0.15, 0.2) is 0 Å². The van der Waals surface area contributed by atoms with E-state index in [2.05, 4.69) is 10.2 Å². The van der Waals surface area contributed by atoms with Gasteiger partial charge >= 0.3 is 0 Å². The SMILES string of the molecule is C1C[C@@H]2[C@H]3CCCN4[C@H]5NCCC[C@@]25[C@@H](C1)O[C@@H]34. The molecule has 6 aliphatic rings. The zero-order valence-electron chi connectivity index (χ0n) is 11.1. The second-order valence-corrected chi connectivity index (χ2v) is 7.17. The third-order valence-electron chi connectivity index (χ3n) is 6.70. The Morgan fingerprint density at radius 1 is 1.11 bits per heavy atom. The molecule has 1 unspecified atom stereocenters. The minimum Gasteiger partial charge on any atom is -0.359 e. The summed E-state index contributed by atoms with van der Waals surface area (Å²) in [5.41, 5.74) is 0.482. The summed E-state index contributed by atoms with van der Waals surface area (Å²) >= 11 is 0. The molecule has 6 rings (SSSR count). The summed E-state index contributed by atoms with van der Waals surface area (Å²) in [6.45, 7) is 2.49. The molecule has 5 heterocycles. The number of hydrogen-bond donors (Lipinski definition) is 1. The van der Waals surface area contributed by atoms with E-state index in [0.29, 0.717) is 23.9 Å². The van der Waals surface area contributed by atoms with Crippen molar-refractivity contribution in [3.05, 3.63) is 0 Å². The van der Waals surface area contributed by atoms with Gasteiger partial charge in [0.1, 0.15) is 6.23 Å². The first-order valence-electron chi connectivity index (χ1n) is 8.06. The lowest BCUT2D eigenvalue weighted by molar-refractivity contribution is -0.355. The van der Waals surface area contributed by atoms with Crippen LogP contribution in [0.2, 0.25) is 0 Å². The molecule has 3 nitrogen and oxygen atoms in total. The van der Waals surface area contributed by atoms with Crippen molar-refractivity contribution in [2.45, 2.75) is 63.4 Å². The predicted molar refractivity (Wildman–Crippen MR) is 68.9 cm³/mol. The van der Waals surface area contributed by atoms with E-state index in [1.807, 2.05) is 0 Å². The summed E-state index contributed by atoms with van der Waals surface area (Å²) in [6.07, 6.45) is 11.5. The molecule has 1 aliphatic carbocycles. The Hall–Kier alpha value is -0.120. The van der Waals surface area contributed by atoms with Crippen LogP contribution in [0.5, 0.6) is 0 Å². The molecule has 6 fully saturated rings. The Bertz CT molecular complexity index is 351. The molecule has 1 spiro atoms. The monoisotopic (exact) mass is 248 g/mol. The van der Waals surface area contributed by atoms with E-state index >= 15 is 0 Å². The lowest BCUT2D eigenvalue weighted by Crippen LogP contribution is -2.80. The summed E-state index contributed by atoms with van der Waals surface area (Å²) in [5, 5.41) is 3.87. The molecule has 0 radical (unpaired) electrons. The van der Waals surface area contributed by atoms with Crippen molar-refractivity contribution in [2.75, 3.05) is 13.1 Å². The quantitative estimate of drug-likeness (QED) is 0.709. The highest BCUT2D eigenvalue weighted by atomic mass is 16.5. The highest BCUT2D eigenvalue weighted by molar-refractivity contribution is 5.15. The second-order valence-electron chi connectivity index (χ2n) is 7.17. The first-order chi connectivity index (χ1) is 8.91.